The van der Waals surface area contributed by atoms with Crippen LogP contribution in [0.4, 0.5) is 0 Å². The molecule has 0 aromatic carbocycles. The number of hydrogen-bond donors (Lipinski definition) is 2. The molecule has 2 fully saturated rings. The van der Waals surface area contributed by atoms with Crippen molar-refractivity contribution < 1.29 is 4.79 Å². The molecule has 5 nitrogen and oxygen atoms in total. The number of piperidine rings is 1. The molecule has 1 aliphatic carbocycles. The summed E-state index contributed by atoms with van der Waals surface area (Å²) in [6, 6.07) is 0.306. The largest absolute Gasteiger partial charge is 0.356 e. The smallest absolute Gasteiger partial charge is 0.222 e. The highest BCUT2D eigenvalue weighted by molar-refractivity contribution is 5.81. The van der Waals surface area contributed by atoms with E-state index in [1.165, 1.54) is 25.7 Å². The van der Waals surface area contributed by atoms with Crippen LogP contribution < -0.4 is 10.6 Å². The number of likely N-dealkylation sites (tertiary alicyclic amines) is 1. The average Bonchev–Trinajstić information content (AvgIpc) is 2.55. The van der Waals surface area contributed by atoms with Gasteiger partial charge in [-0.15, -0.1) is 0 Å². The lowest BCUT2D eigenvalue weighted by molar-refractivity contribution is -0.132. The topological polar surface area (TPSA) is 56.7 Å². The summed E-state index contributed by atoms with van der Waals surface area (Å²) in [5.41, 5.74) is 0. The van der Waals surface area contributed by atoms with Gasteiger partial charge in [0, 0.05) is 39.6 Å². The molecule has 1 unspecified atom stereocenters. The Morgan fingerprint density at radius 3 is 2.52 bits per heavy atom. The first kappa shape index (κ1) is 18.1. The van der Waals surface area contributed by atoms with Gasteiger partial charge in [0.25, 0.3) is 0 Å². The van der Waals surface area contributed by atoms with Crippen molar-refractivity contribution in [2.24, 2.45) is 22.7 Å². The predicted octanol–water partition coefficient (Wildman–Crippen LogP) is 2.23. The summed E-state index contributed by atoms with van der Waals surface area (Å²) in [6.07, 6.45) is 6.91. The maximum atomic E-state index is 11.6. The van der Waals surface area contributed by atoms with Gasteiger partial charge in [0.05, 0.1) is 0 Å². The lowest BCUT2D eigenvalue weighted by Crippen LogP contribution is -2.52. The molecule has 1 aliphatic heterocycles. The normalized spacial score (nSPS) is 29.8. The summed E-state index contributed by atoms with van der Waals surface area (Å²) >= 11 is 0. The van der Waals surface area contributed by atoms with E-state index in [4.69, 9.17) is 0 Å². The number of rotatable bonds is 4. The minimum atomic E-state index is 0.243. The maximum absolute atomic E-state index is 11.6. The number of carbonyl (C=O) groups excluding carboxylic acids is 1. The van der Waals surface area contributed by atoms with E-state index in [1.54, 1.807) is 0 Å². The summed E-state index contributed by atoms with van der Waals surface area (Å²) in [7, 11) is 3.70. The molecule has 23 heavy (non-hydrogen) atoms. The summed E-state index contributed by atoms with van der Waals surface area (Å²) < 4.78 is 0. The van der Waals surface area contributed by atoms with E-state index in [2.05, 4.69) is 29.5 Å². The van der Waals surface area contributed by atoms with E-state index in [0.29, 0.717) is 12.5 Å². The minimum absolute atomic E-state index is 0.243. The van der Waals surface area contributed by atoms with Gasteiger partial charge in [-0.25, -0.2) is 0 Å². The van der Waals surface area contributed by atoms with Gasteiger partial charge in [0.1, 0.15) is 0 Å². The van der Waals surface area contributed by atoms with Gasteiger partial charge in [0.2, 0.25) is 5.91 Å². The Balaban J connectivity index is 1.71. The number of nitrogens with zero attached hydrogens (tertiary/aromatic N) is 2. The molecule has 0 spiro atoms. The molecule has 1 atom stereocenters. The molecule has 5 heteroatoms. The van der Waals surface area contributed by atoms with Gasteiger partial charge < -0.3 is 15.5 Å². The molecule has 0 aromatic rings. The zero-order chi connectivity index (χ0) is 16.8. The molecule has 132 valence electrons. The Labute approximate surface area is 141 Å². The molecular formula is C18H34N4O. The first-order valence-corrected chi connectivity index (χ1v) is 9.20. The van der Waals surface area contributed by atoms with Gasteiger partial charge >= 0.3 is 0 Å². The van der Waals surface area contributed by atoms with Gasteiger partial charge in [0.15, 0.2) is 5.96 Å². The first-order chi connectivity index (χ1) is 11.0. The third kappa shape index (κ3) is 5.40. The standard InChI is InChI=1S/C18H34N4O/c1-13(2)15-7-5-14(6-8-15)11-20-18(19-3)21-16-9-10-17(23)22(4)12-16/h13-16H,5-12H2,1-4H3,(H2,19,20,21). The summed E-state index contributed by atoms with van der Waals surface area (Å²) in [5.74, 6) is 3.62. The SMILES string of the molecule is CN=C(NCC1CCC(C(C)C)CC1)NC1CCC(=O)N(C)C1. The molecule has 1 saturated carbocycles. The van der Waals surface area contributed by atoms with Crippen LogP contribution in [-0.2, 0) is 4.79 Å². The second kappa shape index (κ2) is 8.55. The molecule has 1 saturated heterocycles. The molecule has 0 radical (unpaired) electrons. The van der Waals surface area contributed by atoms with E-state index in [1.807, 2.05) is 19.0 Å². The highest BCUT2D eigenvalue weighted by Gasteiger charge is 2.25. The maximum Gasteiger partial charge on any atom is 0.222 e. The molecule has 1 heterocycles. The minimum Gasteiger partial charge on any atom is -0.356 e. The van der Waals surface area contributed by atoms with Crippen molar-refractivity contribution in [2.75, 3.05) is 27.2 Å². The molecular weight excluding hydrogens is 288 g/mol. The van der Waals surface area contributed by atoms with Crippen LogP contribution in [-0.4, -0.2) is 50.0 Å². The average molecular weight is 322 g/mol. The summed E-state index contributed by atoms with van der Waals surface area (Å²) in [5, 5.41) is 6.96. The van der Waals surface area contributed by atoms with E-state index in [-0.39, 0.29) is 5.91 Å². The Morgan fingerprint density at radius 1 is 1.26 bits per heavy atom. The molecule has 2 rings (SSSR count). The molecule has 2 aliphatic rings. The van der Waals surface area contributed by atoms with Gasteiger partial charge in [-0.3, -0.25) is 9.79 Å². The Hall–Kier alpha value is -1.26. The highest BCUT2D eigenvalue weighted by Crippen LogP contribution is 2.32. The monoisotopic (exact) mass is 322 g/mol. The second-order valence-electron chi connectivity index (χ2n) is 7.63. The van der Waals surface area contributed by atoms with Crippen LogP contribution in [0.15, 0.2) is 4.99 Å². The van der Waals surface area contributed by atoms with Gasteiger partial charge in [-0.1, -0.05) is 13.8 Å². The van der Waals surface area contributed by atoms with E-state index in [0.717, 1.165) is 43.2 Å². The number of carbonyl (C=O) groups is 1. The van der Waals surface area contributed by atoms with Crippen LogP contribution in [0.1, 0.15) is 52.4 Å². The van der Waals surface area contributed by atoms with Crippen molar-refractivity contribution in [3.05, 3.63) is 0 Å². The second-order valence-corrected chi connectivity index (χ2v) is 7.63. The highest BCUT2D eigenvalue weighted by atomic mass is 16.2. The van der Waals surface area contributed by atoms with Crippen LogP contribution in [0.25, 0.3) is 0 Å². The quantitative estimate of drug-likeness (QED) is 0.616. The van der Waals surface area contributed by atoms with Crippen molar-refractivity contribution in [1.82, 2.24) is 15.5 Å². The zero-order valence-electron chi connectivity index (χ0n) is 15.3. The van der Waals surface area contributed by atoms with Crippen molar-refractivity contribution in [2.45, 2.75) is 58.4 Å². The fraction of sp³-hybridized carbons (Fsp3) is 0.889. The fourth-order valence-corrected chi connectivity index (χ4v) is 3.82. The van der Waals surface area contributed by atoms with Crippen LogP contribution >= 0.6 is 0 Å². The van der Waals surface area contributed by atoms with Crippen molar-refractivity contribution in [3.8, 4) is 0 Å². The van der Waals surface area contributed by atoms with Gasteiger partial charge in [-0.05, 0) is 49.9 Å². The van der Waals surface area contributed by atoms with E-state index >= 15 is 0 Å². The number of likely N-dealkylation sites (N-methyl/N-ethyl adjacent to an activating group) is 1. The number of hydrogen-bond acceptors (Lipinski definition) is 2. The third-order valence-electron chi connectivity index (χ3n) is 5.58. The summed E-state index contributed by atoms with van der Waals surface area (Å²) in [6.45, 7) is 6.47. The summed E-state index contributed by atoms with van der Waals surface area (Å²) in [4.78, 5) is 17.7. The van der Waals surface area contributed by atoms with Crippen molar-refractivity contribution >= 4 is 11.9 Å². The van der Waals surface area contributed by atoms with E-state index < -0.39 is 0 Å². The lowest BCUT2D eigenvalue weighted by Gasteiger charge is -2.33. The molecule has 1 amide bonds. The van der Waals surface area contributed by atoms with Crippen molar-refractivity contribution in [1.29, 1.82) is 0 Å². The Bertz CT molecular complexity index is 413. The van der Waals surface area contributed by atoms with Crippen LogP contribution in [0.5, 0.6) is 0 Å². The molecule has 0 aromatic heterocycles. The lowest BCUT2D eigenvalue weighted by atomic mass is 9.77. The number of amides is 1. The first-order valence-electron chi connectivity index (χ1n) is 9.20. The van der Waals surface area contributed by atoms with Crippen LogP contribution in [0.3, 0.4) is 0 Å². The number of aliphatic imine (C=N–C) groups is 1. The fourth-order valence-electron chi connectivity index (χ4n) is 3.82. The molecule has 2 N–H and O–H groups in total. The van der Waals surface area contributed by atoms with Gasteiger partial charge in [-0.2, -0.15) is 0 Å². The zero-order valence-corrected chi connectivity index (χ0v) is 15.3. The predicted molar refractivity (Wildman–Crippen MR) is 95.4 cm³/mol. The van der Waals surface area contributed by atoms with Crippen LogP contribution in [0, 0.1) is 17.8 Å². The van der Waals surface area contributed by atoms with Crippen LogP contribution in [0.2, 0.25) is 0 Å². The molecule has 0 bridgehead atoms. The Kier molecular flexibility index (Phi) is 6.72. The van der Waals surface area contributed by atoms with Crippen molar-refractivity contribution in [3.63, 3.8) is 0 Å². The number of guanidine groups is 1. The van der Waals surface area contributed by atoms with E-state index in [9.17, 15) is 4.79 Å². The number of nitrogens with one attached hydrogen (secondary N) is 2. The Morgan fingerprint density at radius 2 is 1.96 bits per heavy atom. The third-order valence-corrected chi connectivity index (χ3v) is 5.58.